The van der Waals surface area contributed by atoms with E-state index in [1.807, 2.05) is 30.3 Å². The summed E-state index contributed by atoms with van der Waals surface area (Å²) >= 11 is 0. The summed E-state index contributed by atoms with van der Waals surface area (Å²) in [4.78, 5) is 28.1. The lowest BCUT2D eigenvalue weighted by Crippen LogP contribution is -2.30. The molecule has 0 fully saturated rings. The zero-order chi connectivity index (χ0) is 19.9. The molecular formula is C20H20N4O4. The molecule has 0 aliphatic heterocycles. The normalized spacial score (nSPS) is 10.5. The first-order chi connectivity index (χ1) is 13.5. The van der Waals surface area contributed by atoms with E-state index in [1.165, 1.54) is 12.3 Å². The second kappa shape index (κ2) is 8.81. The zero-order valence-electron chi connectivity index (χ0n) is 15.3. The van der Waals surface area contributed by atoms with E-state index < -0.39 is 5.91 Å². The molecular weight excluding hydrogens is 360 g/mol. The van der Waals surface area contributed by atoms with Crippen LogP contribution in [0.15, 0.2) is 53.2 Å². The lowest BCUT2D eigenvalue weighted by Gasteiger charge is -2.07. The minimum absolute atomic E-state index is 0.170. The van der Waals surface area contributed by atoms with E-state index in [-0.39, 0.29) is 22.9 Å². The lowest BCUT2D eigenvalue weighted by molar-refractivity contribution is 0.0944. The summed E-state index contributed by atoms with van der Waals surface area (Å²) in [7, 11) is 0. The number of aromatic nitrogens is 2. The maximum Gasteiger partial charge on any atom is 0.273 e. The van der Waals surface area contributed by atoms with Crippen molar-refractivity contribution in [1.82, 2.24) is 20.8 Å². The molecule has 8 nitrogen and oxygen atoms in total. The molecule has 0 saturated heterocycles. The van der Waals surface area contributed by atoms with Gasteiger partial charge >= 0.3 is 0 Å². The second-order valence-electron chi connectivity index (χ2n) is 6.15. The number of amides is 2. The second-order valence-corrected chi connectivity index (χ2v) is 6.15. The van der Waals surface area contributed by atoms with Gasteiger partial charge in [0.05, 0.1) is 11.8 Å². The molecule has 0 unspecified atom stereocenters. The Balaban J connectivity index is 1.43. The molecule has 0 aliphatic rings. The van der Waals surface area contributed by atoms with E-state index in [0.29, 0.717) is 31.0 Å². The highest BCUT2D eigenvalue weighted by atomic mass is 16.5. The number of aromatic hydroxyl groups is 1. The van der Waals surface area contributed by atoms with Crippen molar-refractivity contribution >= 4 is 11.8 Å². The van der Waals surface area contributed by atoms with Crippen LogP contribution >= 0.6 is 0 Å². The number of carbonyl (C=O) groups is 2. The van der Waals surface area contributed by atoms with Gasteiger partial charge in [0, 0.05) is 30.4 Å². The van der Waals surface area contributed by atoms with Crippen molar-refractivity contribution in [1.29, 1.82) is 0 Å². The highest BCUT2D eigenvalue weighted by molar-refractivity contribution is 5.96. The van der Waals surface area contributed by atoms with Crippen LogP contribution in [0.25, 0.3) is 11.3 Å². The van der Waals surface area contributed by atoms with Crippen LogP contribution in [-0.2, 0) is 0 Å². The Bertz CT molecular complexity index is 969. The highest BCUT2D eigenvalue weighted by Crippen LogP contribution is 2.19. The van der Waals surface area contributed by atoms with Gasteiger partial charge in [-0.05, 0) is 19.4 Å². The summed E-state index contributed by atoms with van der Waals surface area (Å²) in [5.74, 6) is -0.389. The number of nitrogens with one attached hydrogen (secondary N) is 2. The van der Waals surface area contributed by atoms with Gasteiger partial charge < -0.3 is 20.3 Å². The minimum Gasteiger partial charge on any atom is -0.505 e. The van der Waals surface area contributed by atoms with Crippen molar-refractivity contribution in [2.75, 3.05) is 13.1 Å². The molecule has 28 heavy (non-hydrogen) atoms. The Morgan fingerprint density at radius 2 is 1.79 bits per heavy atom. The van der Waals surface area contributed by atoms with E-state index in [0.717, 1.165) is 5.56 Å². The summed E-state index contributed by atoms with van der Waals surface area (Å²) in [6.45, 7) is 2.43. The molecule has 3 aromatic rings. The molecule has 0 atom stereocenters. The van der Waals surface area contributed by atoms with Gasteiger partial charge in [0.15, 0.2) is 11.5 Å². The molecule has 2 aromatic heterocycles. The molecule has 2 amide bonds. The van der Waals surface area contributed by atoms with Crippen LogP contribution in [-0.4, -0.2) is 40.2 Å². The average molecular weight is 380 g/mol. The third-order valence-corrected chi connectivity index (χ3v) is 3.99. The average Bonchev–Trinajstić information content (AvgIpc) is 3.20. The first-order valence-corrected chi connectivity index (χ1v) is 8.79. The molecule has 1 aromatic carbocycles. The van der Waals surface area contributed by atoms with Gasteiger partial charge in [-0.3, -0.25) is 14.6 Å². The van der Waals surface area contributed by atoms with Crippen LogP contribution in [0.4, 0.5) is 0 Å². The number of carbonyl (C=O) groups excluding carboxylic acids is 2. The van der Waals surface area contributed by atoms with Gasteiger partial charge in [0.2, 0.25) is 0 Å². The van der Waals surface area contributed by atoms with Crippen LogP contribution < -0.4 is 10.6 Å². The third-order valence-electron chi connectivity index (χ3n) is 3.99. The molecule has 0 bridgehead atoms. The van der Waals surface area contributed by atoms with Gasteiger partial charge in [-0.2, -0.15) is 0 Å². The molecule has 3 N–H and O–H groups in total. The SMILES string of the molecule is Cc1cc(C(=O)NCCCNC(=O)c2cc(-c3ccccc3)on2)c(O)cn1. The van der Waals surface area contributed by atoms with Crippen LogP contribution in [0.1, 0.15) is 33.0 Å². The first kappa shape index (κ1) is 19.1. The zero-order valence-corrected chi connectivity index (χ0v) is 15.3. The van der Waals surface area contributed by atoms with Crippen LogP contribution in [0.5, 0.6) is 5.75 Å². The fraction of sp³-hybridized carbons (Fsp3) is 0.200. The minimum atomic E-state index is -0.390. The standard InChI is InChI=1S/C20H20N4O4/c1-13-10-15(17(25)12-23-13)19(26)21-8-5-9-22-20(27)16-11-18(28-24-16)14-6-3-2-4-7-14/h2-4,6-7,10-12,25H,5,8-9H2,1H3,(H,21,26)(H,22,27). The molecule has 8 heteroatoms. The first-order valence-electron chi connectivity index (χ1n) is 8.79. The van der Waals surface area contributed by atoms with E-state index in [9.17, 15) is 14.7 Å². The third kappa shape index (κ3) is 4.73. The van der Waals surface area contributed by atoms with Crippen LogP contribution in [0.2, 0.25) is 0 Å². The number of rotatable bonds is 7. The summed E-state index contributed by atoms with van der Waals surface area (Å²) in [5.41, 5.74) is 1.84. The largest absolute Gasteiger partial charge is 0.505 e. The predicted molar refractivity (Wildman–Crippen MR) is 102 cm³/mol. The summed E-state index contributed by atoms with van der Waals surface area (Å²) < 4.78 is 5.20. The van der Waals surface area contributed by atoms with Crippen molar-refractivity contribution in [2.24, 2.45) is 0 Å². The van der Waals surface area contributed by atoms with Gasteiger partial charge in [0.1, 0.15) is 5.75 Å². The fourth-order valence-corrected chi connectivity index (χ4v) is 2.53. The summed E-state index contributed by atoms with van der Waals surface area (Å²) in [6.07, 6.45) is 1.76. The summed E-state index contributed by atoms with van der Waals surface area (Å²) in [5, 5.41) is 18.9. The molecule has 144 valence electrons. The Morgan fingerprint density at radius 1 is 1.07 bits per heavy atom. The van der Waals surface area contributed by atoms with Crippen molar-refractivity contribution < 1.29 is 19.2 Å². The maximum atomic E-state index is 12.1. The van der Waals surface area contributed by atoms with Gasteiger partial charge in [-0.15, -0.1) is 0 Å². The van der Waals surface area contributed by atoms with E-state index in [1.54, 1.807) is 13.0 Å². The van der Waals surface area contributed by atoms with Gasteiger partial charge in [0.25, 0.3) is 11.8 Å². The van der Waals surface area contributed by atoms with Crippen LogP contribution in [0.3, 0.4) is 0 Å². The molecule has 2 heterocycles. The fourth-order valence-electron chi connectivity index (χ4n) is 2.53. The topological polar surface area (TPSA) is 117 Å². The van der Waals surface area contributed by atoms with Crippen molar-refractivity contribution in [3.8, 4) is 17.1 Å². The molecule has 0 aliphatic carbocycles. The quantitative estimate of drug-likeness (QED) is 0.542. The van der Waals surface area contributed by atoms with Crippen molar-refractivity contribution in [3.05, 3.63) is 65.6 Å². The predicted octanol–water partition coefficient (Wildman–Crippen LogP) is 2.30. The maximum absolute atomic E-state index is 12.1. The number of hydrogen-bond donors (Lipinski definition) is 3. The lowest BCUT2D eigenvalue weighted by atomic mass is 10.1. The number of pyridine rings is 1. The summed E-state index contributed by atoms with van der Waals surface area (Å²) in [6, 6.07) is 12.5. The van der Waals surface area contributed by atoms with Crippen molar-refractivity contribution in [2.45, 2.75) is 13.3 Å². The van der Waals surface area contributed by atoms with E-state index in [2.05, 4.69) is 20.8 Å². The monoisotopic (exact) mass is 380 g/mol. The van der Waals surface area contributed by atoms with Gasteiger partial charge in [-0.25, -0.2) is 0 Å². The smallest absolute Gasteiger partial charge is 0.273 e. The van der Waals surface area contributed by atoms with Gasteiger partial charge in [-0.1, -0.05) is 35.5 Å². The number of nitrogens with zero attached hydrogens (tertiary/aromatic N) is 2. The number of benzene rings is 1. The molecule has 0 radical (unpaired) electrons. The molecule has 0 saturated carbocycles. The molecule has 0 spiro atoms. The van der Waals surface area contributed by atoms with Crippen LogP contribution in [0, 0.1) is 6.92 Å². The number of hydrogen-bond acceptors (Lipinski definition) is 6. The highest BCUT2D eigenvalue weighted by Gasteiger charge is 2.14. The number of aryl methyl sites for hydroxylation is 1. The Labute approximate surface area is 161 Å². The van der Waals surface area contributed by atoms with E-state index in [4.69, 9.17) is 4.52 Å². The Morgan fingerprint density at radius 3 is 2.54 bits per heavy atom. The van der Waals surface area contributed by atoms with E-state index >= 15 is 0 Å². The van der Waals surface area contributed by atoms with Crippen molar-refractivity contribution in [3.63, 3.8) is 0 Å². The Kier molecular flexibility index (Phi) is 6.01. The Hall–Kier alpha value is -3.68. The molecule has 3 rings (SSSR count).